The van der Waals surface area contributed by atoms with Gasteiger partial charge in [-0.1, -0.05) is 6.07 Å². The van der Waals surface area contributed by atoms with Crippen molar-refractivity contribution in [1.29, 1.82) is 0 Å². The van der Waals surface area contributed by atoms with Crippen LogP contribution in [0.25, 0.3) is 0 Å². The van der Waals surface area contributed by atoms with E-state index in [9.17, 15) is 9.59 Å². The Labute approximate surface area is 171 Å². The summed E-state index contributed by atoms with van der Waals surface area (Å²) in [6, 6.07) is 11.0. The van der Waals surface area contributed by atoms with Gasteiger partial charge in [0.2, 0.25) is 5.91 Å². The molecule has 3 rings (SSSR count). The van der Waals surface area contributed by atoms with Crippen molar-refractivity contribution in [3.8, 4) is 5.75 Å². The van der Waals surface area contributed by atoms with Crippen LogP contribution in [0.2, 0.25) is 0 Å². The molecule has 1 N–H and O–H groups in total. The number of aromatic nitrogens is 1. The molecule has 1 unspecified atom stereocenters. The Morgan fingerprint density at radius 3 is 2.68 bits per heavy atom. The number of ether oxygens (including phenoxy) is 1. The number of carbonyl (C=O) groups is 2. The Bertz CT molecular complexity index is 768. The van der Waals surface area contributed by atoms with Crippen LogP contribution in [-0.2, 0) is 4.79 Å². The molecule has 1 amide bonds. The van der Waals surface area contributed by atoms with Crippen LogP contribution in [-0.4, -0.2) is 48.3 Å². The summed E-state index contributed by atoms with van der Waals surface area (Å²) in [5.74, 6) is 0.865. The van der Waals surface area contributed by atoms with E-state index >= 15 is 0 Å². The lowest BCUT2D eigenvalue weighted by Gasteiger charge is -2.36. The molecule has 6 nitrogen and oxygen atoms in total. The quantitative estimate of drug-likeness (QED) is 0.719. The molecule has 1 fully saturated rings. The molecule has 1 saturated heterocycles. The summed E-state index contributed by atoms with van der Waals surface area (Å²) in [5, 5.41) is 3.34. The lowest BCUT2D eigenvalue weighted by molar-refractivity contribution is -0.134. The second-order valence-corrected chi connectivity index (χ2v) is 6.60. The number of piperazine rings is 1. The predicted molar refractivity (Wildman–Crippen MR) is 110 cm³/mol. The average molecular weight is 404 g/mol. The van der Waals surface area contributed by atoms with E-state index in [1.54, 1.807) is 37.6 Å². The van der Waals surface area contributed by atoms with Crippen LogP contribution >= 0.6 is 12.4 Å². The molecule has 1 aromatic carbocycles. The number of benzene rings is 1. The van der Waals surface area contributed by atoms with Gasteiger partial charge in [-0.15, -0.1) is 12.4 Å². The number of rotatable bonds is 7. The van der Waals surface area contributed by atoms with Crippen LogP contribution in [0.3, 0.4) is 0 Å². The van der Waals surface area contributed by atoms with Crippen LogP contribution in [0, 0.1) is 0 Å². The van der Waals surface area contributed by atoms with Gasteiger partial charge < -0.3 is 15.0 Å². The lowest BCUT2D eigenvalue weighted by Crippen LogP contribution is -2.48. The zero-order valence-electron chi connectivity index (χ0n) is 16.0. The molecule has 2 aromatic rings. The van der Waals surface area contributed by atoms with E-state index in [2.05, 4.69) is 10.3 Å². The number of halogens is 1. The Morgan fingerprint density at radius 1 is 1.21 bits per heavy atom. The maximum Gasteiger partial charge on any atom is 0.223 e. The van der Waals surface area contributed by atoms with Crippen molar-refractivity contribution >= 4 is 24.1 Å². The fourth-order valence-electron chi connectivity index (χ4n) is 3.34. The first-order valence-electron chi connectivity index (χ1n) is 9.26. The van der Waals surface area contributed by atoms with Crippen molar-refractivity contribution in [3.05, 3.63) is 59.9 Å². The van der Waals surface area contributed by atoms with Gasteiger partial charge in [0, 0.05) is 50.4 Å². The number of hydrogen-bond donors (Lipinski definition) is 1. The highest BCUT2D eigenvalue weighted by Crippen LogP contribution is 2.23. The molecule has 150 valence electrons. The summed E-state index contributed by atoms with van der Waals surface area (Å²) in [6.45, 7) is 2.18. The minimum absolute atomic E-state index is 0. The van der Waals surface area contributed by atoms with E-state index < -0.39 is 0 Å². The lowest BCUT2D eigenvalue weighted by atomic mass is 10.0. The normalized spacial score (nSPS) is 16.2. The van der Waals surface area contributed by atoms with Crippen molar-refractivity contribution in [2.24, 2.45) is 0 Å². The third-order valence-electron chi connectivity index (χ3n) is 4.84. The standard InChI is InChI=1S/C21H25N3O3.ClH/c1-27-18-9-7-16(8-10-18)20(25)5-2-6-21(26)24-13-12-23-15-19(24)17-4-3-11-22-14-17;/h3-4,7-11,14,19,23H,2,5-6,12-13,15H2,1H3;1H. The van der Waals surface area contributed by atoms with Crippen molar-refractivity contribution in [3.63, 3.8) is 0 Å². The Morgan fingerprint density at radius 2 is 2.00 bits per heavy atom. The SMILES string of the molecule is COc1ccc(C(=O)CCCC(=O)N2CCNCC2c2cccnc2)cc1.Cl. The maximum absolute atomic E-state index is 12.7. The van der Waals surface area contributed by atoms with Gasteiger partial charge >= 0.3 is 0 Å². The zero-order valence-corrected chi connectivity index (χ0v) is 16.8. The van der Waals surface area contributed by atoms with Gasteiger partial charge in [-0.25, -0.2) is 0 Å². The van der Waals surface area contributed by atoms with E-state index in [0.717, 1.165) is 24.4 Å². The summed E-state index contributed by atoms with van der Waals surface area (Å²) < 4.78 is 5.10. The summed E-state index contributed by atoms with van der Waals surface area (Å²) in [4.78, 5) is 31.1. The van der Waals surface area contributed by atoms with Crippen LogP contribution in [0.15, 0.2) is 48.8 Å². The third kappa shape index (κ3) is 5.53. The summed E-state index contributed by atoms with van der Waals surface area (Å²) in [7, 11) is 1.59. The molecule has 1 aliphatic rings. The number of pyridine rings is 1. The number of nitrogens with one attached hydrogen (secondary N) is 1. The minimum atomic E-state index is -0.00256. The molecule has 0 radical (unpaired) electrons. The van der Waals surface area contributed by atoms with Gasteiger partial charge in [-0.05, 0) is 42.3 Å². The molecule has 0 bridgehead atoms. The maximum atomic E-state index is 12.7. The fourth-order valence-corrected chi connectivity index (χ4v) is 3.34. The minimum Gasteiger partial charge on any atom is -0.497 e. The second kappa shape index (κ2) is 10.8. The molecular weight excluding hydrogens is 378 g/mol. The Balaban J connectivity index is 0.00000280. The van der Waals surface area contributed by atoms with Gasteiger partial charge in [0.25, 0.3) is 0 Å². The van der Waals surface area contributed by atoms with E-state index in [-0.39, 0.29) is 30.1 Å². The highest BCUT2D eigenvalue weighted by atomic mass is 35.5. The summed E-state index contributed by atoms with van der Waals surface area (Å²) in [5.41, 5.74) is 1.69. The fraction of sp³-hybridized carbons (Fsp3) is 0.381. The average Bonchev–Trinajstić information content (AvgIpc) is 2.74. The molecule has 1 atom stereocenters. The number of hydrogen-bond acceptors (Lipinski definition) is 5. The van der Waals surface area contributed by atoms with E-state index in [1.807, 2.05) is 23.2 Å². The van der Waals surface area contributed by atoms with Crippen LogP contribution in [0.4, 0.5) is 0 Å². The van der Waals surface area contributed by atoms with Gasteiger partial charge in [0.05, 0.1) is 13.2 Å². The van der Waals surface area contributed by atoms with Gasteiger partial charge in [-0.2, -0.15) is 0 Å². The number of amides is 1. The molecular formula is C21H26ClN3O3. The number of carbonyl (C=O) groups excluding carboxylic acids is 2. The van der Waals surface area contributed by atoms with Crippen LogP contribution < -0.4 is 10.1 Å². The van der Waals surface area contributed by atoms with Crippen LogP contribution in [0.5, 0.6) is 5.75 Å². The van der Waals surface area contributed by atoms with E-state index in [4.69, 9.17) is 4.74 Å². The molecule has 28 heavy (non-hydrogen) atoms. The van der Waals surface area contributed by atoms with Crippen LogP contribution in [0.1, 0.15) is 41.2 Å². The van der Waals surface area contributed by atoms with Gasteiger partial charge in [-0.3, -0.25) is 14.6 Å². The first-order chi connectivity index (χ1) is 13.2. The third-order valence-corrected chi connectivity index (χ3v) is 4.84. The smallest absolute Gasteiger partial charge is 0.223 e. The molecule has 7 heteroatoms. The van der Waals surface area contributed by atoms with Crippen molar-refractivity contribution in [2.75, 3.05) is 26.7 Å². The number of ketones is 1. The van der Waals surface area contributed by atoms with Gasteiger partial charge in [0.1, 0.15) is 5.75 Å². The topological polar surface area (TPSA) is 71.5 Å². The zero-order chi connectivity index (χ0) is 19.1. The van der Waals surface area contributed by atoms with Gasteiger partial charge in [0.15, 0.2) is 5.78 Å². The molecule has 0 spiro atoms. The second-order valence-electron chi connectivity index (χ2n) is 6.60. The Hall–Kier alpha value is -2.44. The first-order valence-corrected chi connectivity index (χ1v) is 9.26. The number of methoxy groups -OCH3 is 1. The molecule has 0 saturated carbocycles. The number of Topliss-reactive ketones (excluding diaryl/α,β-unsaturated/α-hetero) is 1. The molecule has 2 heterocycles. The Kier molecular flexibility index (Phi) is 8.42. The molecule has 1 aliphatic heterocycles. The predicted octanol–water partition coefficient (Wildman–Crippen LogP) is 3.04. The summed E-state index contributed by atoms with van der Waals surface area (Å²) >= 11 is 0. The largest absolute Gasteiger partial charge is 0.497 e. The van der Waals surface area contributed by atoms with Crippen molar-refractivity contribution < 1.29 is 14.3 Å². The number of nitrogens with zero attached hydrogens (tertiary/aromatic N) is 2. The molecule has 0 aliphatic carbocycles. The van der Waals surface area contributed by atoms with E-state index in [1.165, 1.54) is 0 Å². The summed E-state index contributed by atoms with van der Waals surface area (Å²) in [6.07, 6.45) is 4.83. The van der Waals surface area contributed by atoms with Crippen molar-refractivity contribution in [2.45, 2.75) is 25.3 Å². The highest BCUT2D eigenvalue weighted by Gasteiger charge is 2.27. The first kappa shape index (κ1) is 21.9. The van der Waals surface area contributed by atoms with E-state index in [0.29, 0.717) is 31.4 Å². The molecule has 1 aromatic heterocycles. The monoisotopic (exact) mass is 403 g/mol. The highest BCUT2D eigenvalue weighted by molar-refractivity contribution is 5.96. The van der Waals surface area contributed by atoms with Crippen molar-refractivity contribution in [1.82, 2.24) is 15.2 Å².